The van der Waals surface area contributed by atoms with Crippen molar-refractivity contribution in [3.63, 3.8) is 0 Å². The Labute approximate surface area is 170 Å². The minimum atomic E-state index is -0.765. The van der Waals surface area contributed by atoms with Crippen LogP contribution in [0.5, 0.6) is 5.75 Å². The zero-order valence-corrected chi connectivity index (χ0v) is 17.1. The minimum Gasteiger partial charge on any atom is -0.491 e. The summed E-state index contributed by atoms with van der Waals surface area (Å²) in [5.74, 6) is 0.738. The van der Waals surface area contributed by atoms with Gasteiger partial charge in [-0.3, -0.25) is 9.13 Å². The summed E-state index contributed by atoms with van der Waals surface area (Å²) in [5, 5.41) is 14.1. The van der Waals surface area contributed by atoms with E-state index in [2.05, 4.69) is 17.4 Å². The molecule has 29 heavy (non-hydrogen) atoms. The van der Waals surface area contributed by atoms with Crippen molar-refractivity contribution < 1.29 is 9.84 Å². The summed E-state index contributed by atoms with van der Waals surface area (Å²) in [6.07, 6.45) is 4.46. The van der Waals surface area contributed by atoms with Crippen LogP contribution in [0.2, 0.25) is 0 Å². The van der Waals surface area contributed by atoms with Gasteiger partial charge >= 0.3 is 5.69 Å². The van der Waals surface area contributed by atoms with E-state index in [1.54, 1.807) is 23.2 Å². The summed E-state index contributed by atoms with van der Waals surface area (Å²) in [6.45, 7) is 1.04. The molecule has 0 saturated heterocycles. The number of benzene rings is 2. The zero-order chi connectivity index (χ0) is 20.4. The molecule has 0 unspecified atom stereocenters. The molecule has 0 aliphatic heterocycles. The molecule has 154 valence electrons. The van der Waals surface area contributed by atoms with Crippen LogP contribution in [0.25, 0.3) is 11.0 Å². The quantitative estimate of drug-likeness (QED) is 0.645. The first kappa shape index (κ1) is 19.7. The fraction of sp³-hybridized carbons (Fsp3) is 0.435. The van der Waals surface area contributed by atoms with E-state index in [0.717, 1.165) is 28.9 Å². The van der Waals surface area contributed by atoms with Crippen LogP contribution in [0.1, 0.15) is 42.9 Å². The molecule has 2 aromatic carbocycles. The van der Waals surface area contributed by atoms with Crippen molar-refractivity contribution in [1.82, 2.24) is 14.5 Å². The van der Waals surface area contributed by atoms with Gasteiger partial charge in [0, 0.05) is 26.7 Å². The van der Waals surface area contributed by atoms with Crippen molar-refractivity contribution in [2.45, 2.75) is 44.4 Å². The fourth-order valence-electron chi connectivity index (χ4n) is 4.10. The van der Waals surface area contributed by atoms with Crippen LogP contribution in [0, 0.1) is 0 Å². The van der Waals surface area contributed by atoms with Gasteiger partial charge in [0.25, 0.3) is 0 Å². The van der Waals surface area contributed by atoms with E-state index in [9.17, 15) is 9.90 Å². The second-order valence-electron chi connectivity index (χ2n) is 7.98. The van der Waals surface area contributed by atoms with Gasteiger partial charge in [0.2, 0.25) is 0 Å². The second-order valence-corrected chi connectivity index (χ2v) is 7.98. The van der Waals surface area contributed by atoms with Crippen molar-refractivity contribution in [2.24, 2.45) is 14.1 Å². The molecule has 1 fully saturated rings. The third-order valence-electron chi connectivity index (χ3n) is 5.96. The highest BCUT2D eigenvalue weighted by atomic mass is 16.5. The Kier molecular flexibility index (Phi) is 5.74. The molecule has 1 aromatic heterocycles. The van der Waals surface area contributed by atoms with Gasteiger partial charge in [-0.25, -0.2) is 4.79 Å². The molecule has 0 radical (unpaired) electrons. The van der Waals surface area contributed by atoms with Crippen molar-refractivity contribution in [2.75, 3.05) is 6.61 Å². The minimum absolute atomic E-state index is 0.0783. The number of hydrogen-bond acceptors (Lipinski definition) is 4. The van der Waals surface area contributed by atoms with E-state index in [-0.39, 0.29) is 12.3 Å². The number of imidazole rings is 1. The lowest BCUT2D eigenvalue weighted by Crippen LogP contribution is -2.25. The Morgan fingerprint density at radius 3 is 2.48 bits per heavy atom. The van der Waals surface area contributed by atoms with E-state index < -0.39 is 6.10 Å². The molecule has 4 rings (SSSR count). The molecule has 6 nitrogen and oxygen atoms in total. The molecule has 0 spiro atoms. The number of aromatic nitrogens is 2. The molecule has 1 aliphatic carbocycles. The monoisotopic (exact) mass is 395 g/mol. The van der Waals surface area contributed by atoms with E-state index in [0.29, 0.717) is 6.04 Å². The molecule has 0 bridgehead atoms. The number of fused-ring (bicyclic) bond motifs is 1. The van der Waals surface area contributed by atoms with Gasteiger partial charge in [-0.2, -0.15) is 0 Å². The van der Waals surface area contributed by atoms with Crippen molar-refractivity contribution in [3.8, 4) is 5.75 Å². The predicted octanol–water partition coefficient (Wildman–Crippen LogP) is 3.02. The van der Waals surface area contributed by atoms with Gasteiger partial charge in [-0.15, -0.1) is 0 Å². The summed E-state index contributed by atoms with van der Waals surface area (Å²) in [7, 11) is 3.48. The zero-order valence-electron chi connectivity index (χ0n) is 17.1. The molecule has 1 heterocycles. The van der Waals surface area contributed by atoms with Crippen molar-refractivity contribution in [1.29, 1.82) is 0 Å². The first-order valence-electron chi connectivity index (χ1n) is 10.3. The van der Waals surface area contributed by atoms with E-state index >= 15 is 0 Å². The Bertz CT molecular complexity index is 1030. The Morgan fingerprint density at radius 2 is 1.76 bits per heavy atom. The second kappa shape index (κ2) is 8.43. The average molecular weight is 396 g/mol. The van der Waals surface area contributed by atoms with E-state index in [4.69, 9.17) is 4.74 Å². The number of hydrogen-bond donors (Lipinski definition) is 2. The number of rotatable bonds is 7. The molecule has 6 heteroatoms. The normalized spacial score (nSPS) is 15.8. The molecule has 1 aliphatic rings. The third-order valence-corrected chi connectivity index (χ3v) is 5.96. The van der Waals surface area contributed by atoms with E-state index in [1.807, 2.05) is 30.3 Å². The Morgan fingerprint density at radius 1 is 1.07 bits per heavy atom. The smallest absolute Gasteiger partial charge is 0.328 e. The highest BCUT2D eigenvalue weighted by Crippen LogP contribution is 2.22. The lowest BCUT2D eigenvalue weighted by molar-refractivity contribution is 0.108. The van der Waals surface area contributed by atoms with Crippen LogP contribution in [0.15, 0.2) is 47.3 Å². The maximum Gasteiger partial charge on any atom is 0.328 e. The van der Waals surface area contributed by atoms with Crippen molar-refractivity contribution in [3.05, 3.63) is 64.1 Å². The summed E-state index contributed by atoms with van der Waals surface area (Å²) in [4.78, 5) is 12.1. The molecule has 0 amide bonds. The van der Waals surface area contributed by atoms with Crippen molar-refractivity contribution >= 4 is 11.0 Å². The molecule has 3 aromatic rings. The SMILES string of the molecule is Cn1c(=O)n(C)c2cc([C@@H](O)COc3ccc(CNC4CCCC4)cc3)ccc21. The highest BCUT2D eigenvalue weighted by Gasteiger charge is 2.15. The predicted molar refractivity (Wildman–Crippen MR) is 114 cm³/mol. The molecule has 1 atom stereocenters. The number of aliphatic hydroxyl groups is 1. The van der Waals surface area contributed by atoms with Crippen LogP contribution >= 0.6 is 0 Å². The van der Waals surface area contributed by atoms with Crippen LogP contribution in [0.3, 0.4) is 0 Å². The van der Waals surface area contributed by atoms with Crippen LogP contribution in [-0.2, 0) is 20.6 Å². The number of aryl methyl sites for hydroxylation is 2. The summed E-state index contributed by atoms with van der Waals surface area (Å²) >= 11 is 0. The largest absolute Gasteiger partial charge is 0.491 e. The highest BCUT2D eigenvalue weighted by molar-refractivity contribution is 5.76. The van der Waals surface area contributed by atoms with Gasteiger partial charge in [-0.05, 0) is 48.2 Å². The van der Waals surface area contributed by atoms with E-state index in [1.165, 1.54) is 31.2 Å². The lowest BCUT2D eigenvalue weighted by atomic mass is 10.1. The maximum absolute atomic E-state index is 12.1. The standard InChI is InChI=1S/C23H29N3O3/c1-25-20-12-9-17(13-21(20)26(2)23(25)28)22(27)15-29-19-10-7-16(8-11-19)14-24-18-5-3-4-6-18/h7-13,18,22,24,27H,3-6,14-15H2,1-2H3/t22-/m0/s1. The number of nitrogens with one attached hydrogen (secondary N) is 1. The van der Waals surface area contributed by atoms with Crippen LogP contribution in [-0.4, -0.2) is 26.9 Å². The average Bonchev–Trinajstić information content (AvgIpc) is 3.34. The Balaban J connectivity index is 1.35. The Hall–Kier alpha value is -2.57. The lowest BCUT2D eigenvalue weighted by Gasteiger charge is -2.14. The number of ether oxygens (including phenoxy) is 1. The van der Waals surface area contributed by atoms with Gasteiger partial charge < -0.3 is 15.2 Å². The maximum atomic E-state index is 12.1. The summed E-state index contributed by atoms with van der Waals surface area (Å²) < 4.78 is 8.97. The fourth-order valence-corrected chi connectivity index (χ4v) is 4.10. The first-order valence-corrected chi connectivity index (χ1v) is 10.3. The van der Waals surface area contributed by atoms with Gasteiger partial charge in [0.15, 0.2) is 0 Å². The molecule has 1 saturated carbocycles. The van der Waals surface area contributed by atoms with Gasteiger partial charge in [-0.1, -0.05) is 31.0 Å². The topological polar surface area (TPSA) is 68.4 Å². The molecule has 2 N–H and O–H groups in total. The summed E-state index contributed by atoms with van der Waals surface area (Å²) in [6, 6.07) is 14.2. The van der Waals surface area contributed by atoms with Gasteiger partial charge in [0.1, 0.15) is 18.5 Å². The molecular formula is C23H29N3O3. The van der Waals surface area contributed by atoms with Crippen LogP contribution < -0.4 is 15.7 Å². The third kappa shape index (κ3) is 4.23. The first-order chi connectivity index (χ1) is 14.0. The van der Waals surface area contributed by atoms with Gasteiger partial charge in [0.05, 0.1) is 11.0 Å². The summed E-state index contributed by atoms with van der Waals surface area (Å²) in [5.41, 5.74) is 3.53. The number of aliphatic hydroxyl groups excluding tert-OH is 1. The number of nitrogens with zero attached hydrogens (tertiary/aromatic N) is 2. The molecular weight excluding hydrogens is 366 g/mol. The van der Waals surface area contributed by atoms with Crippen LogP contribution in [0.4, 0.5) is 0 Å².